The number of morpholine rings is 1. The summed E-state index contributed by atoms with van der Waals surface area (Å²) in [6.45, 7) is 5.82. The molecule has 2 aliphatic heterocycles. The molecule has 4 heterocycles. The van der Waals surface area contributed by atoms with Gasteiger partial charge in [-0.2, -0.15) is 24.9 Å². The minimum Gasteiger partial charge on any atom is -0.490 e. The number of carboxylic acids is 1. The van der Waals surface area contributed by atoms with Gasteiger partial charge < -0.3 is 24.0 Å². The number of carbonyl (C=O) groups excluding carboxylic acids is 1. The highest BCUT2D eigenvalue weighted by Crippen LogP contribution is 2.40. The number of alkyl halides is 3. The van der Waals surface area contributed by atoms with Crippen molar-refractivity contribution in [2.45, 2.75) is 6.18 Å². The van der Waals surface area contributed by atoms with E-state index in [1.54, 1.807) is 11.6 Å². The second-order valence-corrected chi connectivity index (χ2v) is 11.1. The van der Waals surface area contributed by atoms with Crippen LogP contribution in [0.15, 0.2) is 29.1 Å². The zero-order chi connectivity index (χ0) is 28.2. The Morgan fingerprint density at radius 2 is 1.74 bits per heavy atom. The number of benzene rings is 1. The number of pyridine rings is 1. The quantitative estimate of drug-likeness (QED) is 0.486. The number of carbonyl (C=O) groups is 2. The van der Waals surface area contributed by atoms with Crippen LogP contribution in [0, 0.1) is 0 Å². The lowest BCUT2D eigenvalue weighted by Crippen LogP contribution is -2.39. The molecule has 5 rings (SSSR count). The number of aliphatic carboxylic acids is 1. The Balaban J connectivity index is 0.000000448. The number of fused-ring (bicyclic) bond motifs is 3. The monoisotopic (exact) mass is 587 g/mol. The number of hydrogen-bond donors (Lipinski definition) is 1. The maximum Gasteiger partial charge on any atom is 0.490 e. The molecule has 39 heavy (non-hydrogen) atoms. The van der Waals surface area contributed by atoms with Crippen molar-refractivity contribution in [2.24, 2.45) is 7.05 Å². The molecule has 2 aromatic heterocycles. The number of ether oxygens (including phenoxy) is 2. The van der Waals surface area contributed by atoms with Crippen LogP contribution in [0.5, 0.6) is 5.75 Å². The average Bonchev–Trinajstić information content (AvgIpc) is 3.32. The standard InChI is InChI=1S/C23H27N3O4S2.C2HF3O2/c1-24-17-5-3-2-4-16(17)20-18(22(24)27)19(30-13-8-25-6-11-29-12-7-25)21(32-20)23(28)26-9-14-31-15-10-26;3-2(4,5)1(6)7/h2-5H,6-15H2,1H3;(H,6,7). The number of thioether (sulfide) groups is 1. The summed E-state index contributed by atoms with van der Waals surface area (Å²) >= 11 is 3.26. The fourth-order valence-corrected chi connectivity index (χ4v) is 6.47. The third kappa shape index (κ3) is 6.68. The van der Waals surface area contributed by atoms with Gasteiger partial charge in [-0.15, -0.1) is 11.3 Å². The summed E-state index contributed by atoms with van der Waals surface area (Å²) in [6, 6.07) is 7.85. The number of amides is 1. The number of aromatic nitrogens is 1. The van der Waals surface area contributed by atoms with E-state index in [9.17, 15) is 22.8 Å². The van der Waals surface area contributed by atoms with Crippen molar-refractivity contribution in [3.05, 3.63) is 39.5 Å². The van der Waals surface area contributed by atoms with Crippen molar-refractivity contribution in [1.82, 2.24) is 14.4 Å². The van der Waals surface area contributed by atoms with Crippen molar-refractivity contribution in [3.8, 4) is 5.75 Å². The first-order valence-electron chi connectivity index (χ1n) is 12.2. The number of nitrogens with zero attached hydrogens (tertiary/aromatic N) is 3. The maximum atomic E-state index is 13.5. The summed E-state index contributed by atoms with van der Waals surface area (Å²) in [4.78, 5) is 40.5. The second-order valence-electron chi connectivity index (χ2n) is 8.86. The number of thiophene rings is 1. The molecule has 1 aromatic carbocycles. The van der Waals surface area contributed by atoms with Gasteiger partial charge in [0.15, 0.2) is 5.75 Å². The molecule has 0 aliphatic carbocycles. The van der Waals surface area contributed by atoms with Crippen LogP contribution in [0.1, 0.15) is 9.67 Å². The molecule has 1 amide bonds. The second kappa shape index (κ2) is 12.6. The van der Waals surface area contributed by atoms with Crippen LogP contribution >= 0.6 is 23.1 Å². The summed E-state index contributed by atoms with van der Waals surface area (Å²) < 4.78 is 45.9. The highest BCUT2D eigenvalue weighted by atomic mass is 32.2. The molecule has 212 valence electrons. The first-order valence-corrected chi connectivity index (χ1v) is 14.2. The Hall–Kier alpha value is -2.81. The topological polar surface area (TPSA) is 101 Å². The average molecular weight is 588 g/mol. The van der Waals surface area contributed by atoms with Crippen LogP contribution < -0.4 is 10.3 Å². The smallest absolute Gasteiger partial charge is 0.490 e. The molecule has 0 spiro atoms. The van der Waals surface area contributed by atoms with Crippen LogP contribution in [-0.2, 0) is 16.6 Å². The Morgan fingerprint density at radius 3 is 2.38 bits per heavy atom. The number of rotatable bonds is 5. The minimum absolute atomic E-state index is 0.0287. The van der Waals surface area contributed by atoms with Gasteiger partial charge in [-0.05, 0) is 6.07 Å². The molecule has 3 aromatic rings. The van der Waals surface area contributed by atoms with Gasteiger partial charge in [0, 0.05) is 56.7 Å². The lowest BCUT2D eigenvalue weighted by molar-refractivity contribution is -0.192. The Bertz CT molecular complexity index is 1400. The third-order valence-electron chi connectivity index (χ3n) is 6.39. The molecular formula is C25H28F3N3O6S2. The van der Waals surface area contributed by atoms with E-state index in [4.69, 9.17) is 19.4 Å². The summed E-state index contributed by atoms with van der Waals surface area (Å²) in [7, 11) is 1.78. The largest absolute Gasteiger partial charge is 0.490 e. The molecule has 9 nitrogen and oxygen atoms in total. The van der Waals surface area contributed by atoms with Crippen LogP contribution in [0.25, 0.3) is 21.0 Å². The lowest BCUT2D eigenvalue weighted by Gasteiger charge is -2.27. The van der Waals surface area contributed by atoms with Gasteiger partial charge in [0.05, 0.1) is 23.4 Å². The number of carboxylic acid groups (broad SMARTS) is 1. The molecule has 14 heteroatoms. The van der Waals surface area contributed by atoms with E-state index in [1.165, 1.54) is 11.3 Å². The van der Waals surface area contributed by atoms with Crippen molar-refractivity contribution >= 4 is 56.0 Å². The Labute approximate surface area is 230 Å². The van der Waals surface area contributed by atoms with E-state index in [2.05, 4.69) is 4.90 Å². The summed E-state index contributed by atoms with van der Waals surface area (Å²) in [5.41, 5.74) is 0.740. The third-order valence-corrected chi connectivity index (χ3v) is 8.52. The van der Waals surface area contributed by atoms with Crippen molar-refractivity contribution in [2.75, 3.05) is 64.1 Å². The van der Waals surface area contributed by atoms with Gasteiger partial charge in [0.2, 0.25) is 0 Å². The maximum absolute atomic E-state index is 13.5. The fraction of sp³-hybridized carbons (Fsp3) is 0.480. The van der Waals surface area contributed by atoms with E-state index < -0.39 is 12.1 Å². The van der Waals surface area contributed by atoms with Crippen LogP contribution in [-0.4, -0.2) is 102 Å². The zero-order valence-electron chi connectivity index (χ0n) is 21.2. The molecule has 0 radical (unpaired) electrons. The summed E-state index contributed by atoms with van der Waals surface area (Å²) in [5, 5.41) is 8.62. The van der Waals surface area contributed by atoms with Crippen LogP contribution in [0.4, 0.5) is 13.2 Å². The van der Waals surface area contributed by atoms with E-state index in [0.717, 1.165) is 73.0 Å². The van der Waals surface area contributed by atoms with E-state index in [1.807, 2.05) is 40.9 Å². The number of aryl methyl sites for hydroxylation is 1. The van der Waals surface area contributed by atoms with Gasteiger partial charge in [-0.3, -0.25) is 14.5 Å². The van der Waals surface area contributed by atoms with Crippen molar-refractivity contribution in [1.29, 1.82) is 0 Å². The summed E-state index contributed by atoms with van der Waals surface area (Å²) in [6.07, 6.45) is -5.08. The van der Waals surface area contributed by atoms with Gasteiger partial charge >= 0.3 is 12.1 Å². The molecule has 2 aliphatic rings. The van der Waals surface area contributed by atoms with Crippen molar-refractivity contribution in [3.63, 3.8) is 0 Å². The molecule has 1 N–H and O–H groups in total. The molecule has 2 fully saturated rings. The molecular weight excluding hydrogens is 559 g/mol. The number of halogens is 3. The van der Waals surface area contributed by atoms with E-state index >= 15 is 0 Å². The first kappa shape index (κ1) is 29.2. The summed E-state index contributed by atoms with van der Waals surface area (Å²) in [5.74, 6) is -0.456. The Kier molecular flexibility index (Phi) is 9.41. The van der Waals surface area contributed by atoms with Crippen LogP contribution in [0.3, 0.4) is 0 Å². The number of hydrogen-bond acceptors (Lipinski definition) is 8. The van der Waals surface area contributed by atoms with Gasteiger partial charge in [0.1, 0.15) is 16.9 Å². The van der Waals surface area contributed by atoms with Crippen molar-refractivity contribution < 1.29 is 37.3 Å². The van der Waals surface area contributed by atoms with E-state index in [0.29, 0.717) is 22.6 Å². The normalized spacial score (nSPS) is 16.7. The molecule has 2 saturated heterocycles. The predicted molar refractivity (Wildman–Crippen MR) is 144 cm³/mol. The van der Waals surface area contributed by atoms with Gasteiger partial charge in [-0.25, -0.2) is 4.79 Å². The molecule has 0 atom stereocenters. The van der Waals surface area contributed by atoms with Gasteiger partial charge in [-0.1, -0.05) is 18.2 Å². The Morgan fingerprint density at radius 1 is 1.10 bits per heavy atom. The first-order chi connectivity index (χ1) is 18.6. The minimum atomic E-state index is -5.08. The fourth-order valence-electron chi connectivity index (χ4n) is 4.33. The highest BCUT2D eigenvalue weighted by Gasteiger charge is 2.38. The molecule has 0 unspecified atom stereocenters. The molecule has 0 saturated carbocycles. The van der Waals surface area contributed by atoms with Gasteiger partial charge in [0.25, 0.3) is 11.5 Å². The predicted octanol–water partition coefficient (Wildman–Crippen LogP) is 3.29. The van der Waals surface area contributed by atoms with E-state index in [-0.39, 0.29) is 11.5 Å². The lowest BCUT2D eigenvalue weighted by atomic mass is 10.1. The molecule has 0 bridgehead atoms. The highest BCUT2D eigenvalue weighted by molar-refractivity contribution is 7.99. The number of para-hydroxylation sites is 1. The SMILES string of the molecule is Cn1c(=O)c2c(OCCN3CCOCC3)c(C(=O)N3CCSCC3)sc2c2ccccc21.O=C(O)C(F)(F)F. The van der Waals surface area contributed by atoms with Crippen LogP contribution in [0.2, 0.25) is 0 Å². The zero-order valence-corrected chi connectivity index (χ0v) is 22.8.